The molecule has 1 saturated heterocycles. The first-order chi connectivity index (χ1) is 13.7. The quantitative estimate of drug-likeness (QED) is 0.714. The fourth-order valence-corrected chi connectivity index (χ4v) is 3.25. The lowest BCUT2D eigenvalue weighted by atomic mass is 10.2. The molecule has 0 spiro atoms. The Bertz CT molecular complexity index is 968. The van der Waals surface area contributed by atoms with Gasteiger partial charge < -0.3 is 24.1 Å². The summed E-state index contributed by atoms with van der Waals surface area (Å²) in [6.07, 6.45) is -0.395. The number of carbonyl (C=O) groups excluding carboxylic acids is 1. The standard InChI is InChI=1S/C18H22N6O4/c1-12-10-13-4-3-5-14(16(13)28-12)19-18(25)23-6-9-27-15(11-23)17-20-21-22-24(17)7-8-26-2/h3-5,10,15H,6-9,11H2,1-2H3,(H,19,25). The Balaban J connectivity index is 1.47. The summed E-state index contributed by atoms with van der Waals surface area (Å²) in [4.78, 5) is 14.5. The van der Waals surface area contributed by atoms with E-state index in [-0.39, 0.29) is 6.03 Å². The number of aromatic nitrogens is 4. The molecule has 0 saturated carbocycles. The number of tetrazole rings is 1. The minimum atomic E-state index is -0.395. The number of benzene rings is 1. The van der Waals surface area contributed by atoms with E-state index in [4.69, 9.17) is 13.9 Å². The fourth-order valence-electron chi connectivity index (χ4n) is 3.25. The first-order valence-corrected chi connectivity index (χ1v) is 9.07. The van der Waals surface area contributed by atoms with Crippen LogP contribution in [-0.4, -0.2) is 64.6 Å². The van der Waals surface area contributed by atoms with E-state index in [0.717, 1.165) is 11.1 Å². The lowest BCUT2D eigenvalue weighted by Crippen LogP contribution is -2.45. The Labute approximate surface area is 161 Å². The Morgan fingerprint density at radius 3 is 3.18 bits per heavy atom. The van der Waals surface area contributed by atoms with Crippen LogP contribution < -0.4 is 5.32 Å². The molecule has 1 N–H and O–H groups in total. The number of amides is 2. The number of rotatable bonds is 5. The van der Waals surface area contributed by atoms with Crippen molar-refractivity contribution in [2.45, 2.75) is 19.6 Å². The Morgan fingerprint density at radius 2 is 2.32 bits per heavy atom. The molecule has 3 heterocycles. The van der Waals surface area contributed by atoms with Crippen molar-refractivity contribution in [3.05, 3.63) is 35.9 Å². The van der Waals surface area contributed by atoms with Crippen molar-refractivity contribution in [2.24, 2.45) is 0 Å². The molecular formula is C18H22N6O4. The van der Waals surface area contributed by atoms with Gasteiger partial charge in [0.15, 0.2) is 11.4 Å². The molecular weight excluding hydrogens is 364 g/mol. The lowest BCUT2D eigenvalue weighted by Gasteiger charge is -2.32. The van der Waals surface area contributed by atoms with Crippen LogP contribution >= 0.6 is 0 Å². The zero-order chi connectivity index (χ0) is 19.5. The van der Waals surface area contributed by atoms with E-state index in [1.54, 1.807) is 16.7 Å². The zero-order valence-corrected chi connectivity index (χ0v) is 15.8. The molecule has 0 aliphatic carbocycles. The van der Waals surface area contributed by atoms with Gasteiger partial charge in [0.25, 0.3) is 0 Å². The highest BCUT2D eigenvalue weighted by Gasteiger charge is 2.29. The number of hydrogen-bond acceptors (Lipinski definition) is 7. The number of methoxy groups -OCH3 is 1. The summed E-state index contributed by atoms with van der Waals surface area (Å²) in [5.74, 6) is 1.38. The van der Waals surface area contributed by atoms with Gasteiger partial charge in [-0.1, -0.05) is 12.1 Å². The highest BCUT2D eigenvalue weighted by molar-refractivity contribution is 5.99. The summed E-state index contributed by atoms with van der Waals surface area (Å²) in [5.41, 5.74) is 1.31. The highest BCUT2D eigenvalue weighted by atomic mass is 16.5. The van der Waals surface area contributed by atoms with Gasteiger partial charge in [0.1, 0.15) is 11.9 Å². The van der Waals surface area contributed by atoms with Gasteiger partial charge >= 0.3 is 6.03 Å². The summed E-state index contributed by atoms with van der Waals surface area (Å²) < 4.78 is 18.2. The van der Waals surface area contributed by atoms with E-state index >= 15 is 0 Å². The van der Waals surface area contributed by atoms with Gasteiger partial charge in [0.2, 0.25) is 0 Å². The predicted molar refractivity (Wildman–Crippen MR) is 99.9 cm³/mol. The Kier molecular flexibility index (Phi) is 5.22. The van der Waals surface area contributed by atoms with Gasteiger partial charge in [-0.3, -0.25) is 0 Å². The van der Waals surface area contributed by atoms with E-state index in [9.17, 15) is 4.79 Å². The first kappa shape index (κ1) is 18.4. The SMILES string of the molecule is COCCn1nnnc1C1CN(C(=O)Nc2cccc3cc(C)oc23)CCO1. The minimum absolute atomic E-state index is 0.217. The maximum atomic E-state index is 12.8. The van der Waals surface area contributed by atoms with Gasteiger partial charge in [-0.05, 0) is 29.5 Å². The third kappa shape index (κ3) is 3.69. The van der Waals surface area contributed by atoms with Crippen LogP contribution in [0.2, 0.25) is 0 Å². The van der Waals surface area contributed by atoms with E-state index in [0.29, 0.717) is 49.9 Å². The van der Waals surface area contributed by atoms with E-state index in [2.05, 4.69) is 20.8 Å². The van der Waals surface area contributed by atoms with Crippen molar-refractivity contribution in [3.8, 4) is 0 Å². The Hall–Kier alpha value is -2.98. The molecule has 10 heteroatoms. The van der Waals surface area contributed by atoms with Crippen LogP contribution in [0.5, 0.6) is 0 Å². The van der Waals surface area contributed by atoms with Gasteiger partial charge in [0, 0.05) is 19.0 Å². The van der Waals surface area contributed by atoms with E-state index < -0.39 is 6.10 Å². The maximum absolute atomic E-state index is 12.8. The molecule has 1 fully saturated rings. The smallest absolute Gasteiger partial charge is 0.322 e. The molecule has 1 aliphatic heterocycles. The number of nitrogens with one attached hydrogen (secondary N) is 1. The number of fused-ring (bicyclic) bond motifs is 1. The van der Waals surface area contributed by atoms with Crippen LogP contribution in [-0.2, 0) is 16.0 Å². The number of para-hydroxylation sites is 1. The molecule has 1 atom stereocenters. The molecule has 0 bridgehead atoms. The molecule has 28 heavy (non-hydrogen) atoms. The van der Waals surface area contributed by atoms with Crippen molar-refractivity contribution in [3.63, 3.8) is 0 Å². The average Bonchev–Trinajstić information content (AvgIpc) is 3.32. The molecule has 1 aromatic carbocycles. The number of furan rings is 1. The van der Waals surface area contributed by atoms with Crippen LogP contribution in [0.4, 0.5) is 10.5 Å². The van der Waals surface area contributed by atoms with Crippen LogP contribution in [0, 0.1) is 6.92 Å². The second kappa shape index (κ2) is 7.95. The van der Waals surface area contributed by atoms with Crippen molar-refractivity contribution in [1.82, 2.24) is 25.1 Å². The lowest BCUT2D eigenvalue weighted by molar-refractivity contribution is -0.0209. The third-order valence-electron chi connectivity index (χ3n) is 4.62. The van der Waals surface area contributed by atoms with E-state index in [1.165, 1.54) is 0 Å². The molecule has 2 aromatic heterocycles. The summed E-state index contributed by atoms with van der Waals surface area (Å²) in [6, 6.07) is 7.39. The minimum Gasteiger partial charge on any atom is -0.459 e. The Morgan fingerprint density at radius 1 is 1.43 bits per heavy atom. The number of anilines is 1. The summed E-state index contributed by atoms with van der Waals surface area (Å²) in [6.45, 7) is 4.12. The molecule has 4 rings (SSSR count). The van der Waals surface area contributed by atoms with Gasteiger partial charge in [-0.2, -0.15) is 0 Å². The number of aryl methyl sites for hydroxylation is 1. The molecule has 3 aromatic rings. The van der Waals surface area contributed by atoms with E-state index in [1.807, 2.05) is 31.2 Å². The number of carbonyl (C=O) groups is 1. The molecule has 1 aliphatic rings. The maximum Gasteiger partial charge on any atom is 0.322 e. The number of urea groups is 1. The molecule has 10 nitrogen and oxygen atoms in total. The third-order valence-corrected chi connectivity index (χ3v) is 4.62. The number of hydrogen-bond donors (Lipinski definition) is 1. The van der Waals surface area contributed by atoms with Crippen molar-refractivity contribution in [1.29, 1.82) is 0 Å². The second-order valence-corrected chi connectivity index (χ2v) is 6.57. The van der Waals surface area contributed by atoms with Crippen LogP contribution in [0.1, 0.15) is 17.7 Å². The largest absolute Gasteiger partial charge is 0.459 e. The second-order valence-electron chi connectivity index (χ2n) is 6.57. The van der Waals surface area contributed by atoms with Crippen molar-refractivity contribution >= 4 is 22.7 Å². The van der Waals surface area contributed by atoms with Gasteiger partial charge in [0.05, 0.1) is 32.0 Å². The highest BCUT2D eigenvalue weighted by Crippen LogP contribution is 2.27. The van der Waals surface area contributed by atoms with Gasteiger partial charge in [-0.15, -0.1) is 5.10 Å². The molecule has 1 unspecified atom stereocenters. The number of ether oxygens (including phenoxy) is 2. The molecule has 148 valence electrons. The van der Waals surface area contributed by atoms with Crippen molar-refractivity contribution in [2.75, 3.05) is 38.7 Å². The number of nitrogens with zero attached hydrogens (tertiary/aromatic N) is 5. The fraction of sp³-hybridized carbons (Fsp3) is 0.444. The average molecular weight is 386 g/mol. The van der Waals surface area contributed by atoms with Crippen LogP contribution in [0.25, 0.3) is 11.0 Å². The molecule has 0 radical (unpaired) electrons. The summed E-state index contributed by atoms with van der Waals surface area (Å²) >= 11 is 0. The summed E-state index contributed by atoms with van der Waals surface area (Å²) in [5, 5.41) is 15.6. The molecule has 2 amide bonds. The summed E-state index contributed by atoms with van der Waals surface area (Å²) in [7, 11) is 1.62. The van der Waals surface area contributed by atoms with Gasteiger partial charge in [-0.25, -0.2) is 9.48 Å². The topological polar surface area (TPSA) is 108 Å². The predicted octanol–water partition coefficient (Wildman–Crippen LogP) is 1.98. The van der Waals surface area contributed by atoms with Crippen LogP contribution in [0.15, 0.2) is 28.7 Å². The van der Waals surface area contributed by atoms with Crippen LogP contribution in [0.3, 0.4) is 0 Å². The normalized spacial score (nSPS) is 17.2. The van der Waals surface area contributed by atoms with Crippen molar-refractivity contribution < 1.29 is 18.7 Å². The monoisotopic (exact) mass is 386 g/mol. The number of morpholine rings is 1. The zero-order valence-electron chi connectivity index (χ0n) is 15.8. The first-order valence-electron chi connectivity index (χ1n) is 9.07.